The highest BCUT2D eigenvalue weighted by molar-refractivity contribution is 5.68. The molecule has 1 atom stereocenters. The van der Waals surface area contributed by atoms with Crippen molar-refractivity contribution in [3.8, 4) is 0 Å². The van der Waals surface area contributed by atoms with Gasteiger partial charge in [0, 0.05) is 20.3 Å². The molecule has 2 rings (SSSR count). The van der Waals surface area contributed by atoms with Crippen LogP contribution in [0.1, 0.15) is 12.8 Å². The predicted octanol–water partition coefficient (Wildman–Crippen LogP) is 2.25. The van der Waals surface area contributed by atoms with Gasteiger partial charge in [-0.1, -0.05) is 0 Å². The van der Waals surface area contributed by atoms with E-state index in [9.17, 15) is 0 Å². The molecule has 1 aromatic rings. The van der Waals surface area contributed by atoms with Crippen LogP contribution in [0.3, 0.4) is 0 Å². The highest BCUT2D eigenvalue weighted by Crippen LogP contribution is 2.22. The summed E-state index contributed by atoms with van der Waals surface area (Å²) in [6.07, 6.45) is 9.95. The van der Waals surface area contributed by atoms with Crippen molar-refractivity contribution in [2.24, 2.45) is 0 Å². The third kappa shape index (κ3) is 3.12. The molecule has 0 radical (unpaired) electrons. The Labute approximate surface area is 102 Å². The van der Waals surface area contributed by atoms with Gasteiger partial charge in [-0.3, -0.25) is 4.98 Å². The van der Waals surface area contributed by atoms with Crippen LogP contribution in [-0.4, -0.2) is 31.7 Å². The lowest BCUT2D eigenvalue weighted by Gasteiger charge is -2.22. The number of allylic oxidation sites excluding steroid dienone is 1. The lowest BCUT2D eigenvalue weighted by atomic mass is 10.1. The molecule has 0 bridgehead atoms. The Morgan fingerprint density at radius 1 is 1.53 bits per heavy atom. The molecular weight excluding hydrogens is 214 g/mol. The van der Waals surface area contributed by atoms with Crippen LogP contribution in [0.2, 0.25) is 0 Å². The molecule has 0 saturated heterocycles. The van der Waals surface area contributed by atoms with Crippen LogP contribution >= 0.6 is 0 Å². The number of pyridine rings is 1. The highest BCUT2D eigenvalue weighted by atomic mass is 16.5. The summed E-state index contributed by atoms with van der Waals surface area (Å²) in [6.45, 7) is 0.816. The van der Waals surface area contributed by atoms with Crippen molar-refractivity contribution in [2.45, 2.75) is 18.9 Å². The maximum absolute atomic E-state index is 5.52. The Bertz CT molecular complexity index is 390. The Kier molecular flexibility index (Phi) is 3.85. The second-order valence-electron chi connectivity index (χ2n) is 4.38. The molecule has 0 aliphatic carbocycles. The summed E-state index contributed by atoms with van der Waals surface area (Å²) in [5, 5.41) is 3.40. The number of rotatable bonds is 4. The molecule has 0 spiro atoms. The monoisotopic (exact) mass is 233 g/mol. The lowest BCUT2D eigenvalue weighted by Crippen LogP contribution is -2.24. The minimum atomic E-state index is 0.259. The van der Waals surface area contributed by atoms with Crippen LogP contribution in [-0.2, 0) is 4.74 Å². The summed E-state index contributed by atoms with van der Waals surface area (Å²) < 4.78 is 5.52. The Morgan fingerprint density at radius 2 is 2.41 bits per heavy atom. The first-order valence-corrected chi connectivity index (χ1v) is 5.93. The number of hydrogen-bond donors (Lipinski definition) is 1. The average molecular weight is 233 g/mol. The molecule has 1 N–H and O–H groups in total. The van der Waals surface area contributed by atoms with E-state index in [4.69, 9.17) is 4.74 Å². The highest BCUT2D eigenvalue weighted by Gasteiger charge is 2.11. The van der Waals surface area contributed by atoms with E-state index < -0.39 is 0 Å². The molecule has 0 fully saturated rings. The van der Waals surface area contributed by atoms with Gasteiger partial charge in [-0.05, 0) is 25.0 Å². The molecule has 2 heterocycles. The second-order valence-corrected chi connectivity index (χ2v) is 4.38. The average Bonchev–Trinajstić information content (AvgIpc) is 2.38. The Hall–Kier alpha value is -1.71. The van der Waals surface area contributed by atoms with Crippen LogP contribution < -0.4 is 10.2 Å². The maximum Gasteiger partial charge on any atom is 0.115 e. The molecule has 1 aliphatic rings. The maximum atomic E-state index is 5.52. The molecule has 1 aromatic heterocycles. The van der Waals surface area contributed by atoms with Crippen molar-refractivity contribution >= 4 is 11.4 Å². The molecule has 4 heteroatoms. The number of anilines is 2. The lowest BCUT2D eigenvalue weighted by molar-refractivity contribution is 0.135. The topological polar surface area (TPSA) is 37.4 Å². The largest absolute Gasteiger partial charge is 0.497 e. The molecule has 0 aromatic carbocycles. The van der Waals surface area contributed by atoms with E-state index in [1.165, 1.54) is 0 Å². The molecule has 92 valence electrons. The zero-order valence-electron chi connectivity index (χ0n) is 10.4. The first-order valence-electron chi connectivity index (χ1n) is 5.93. The summed E-state index contributed by atoms with van der Waals surface area (Å²) >= 11 is 0. The van der Waals surface area contributed by atoms with Gasteiger partial charge >= 0.3 is 0 Å². The molecule has 1 aliphatic heterocycles. The van der Waals surface area contributed by atoms with E-state index in [0.29, 0.717) is 0 Å². The second kappa shape index (κ2) is 5.57. The van der Waals surface area contributed by atoms with Crippen LogP contribution in [0.4, 0.5) is 11.4 Å². The number of nitrogens with one attached hydrogen (secondary N) is 1. The molecule has 1 unspecified atom stereocenters. The number of nitrogens with zero attached hydrogens (tertiary/aromatic N) is 2. The predicted molar refractivity (Wildman–Crippen MR) is 70.3 cm³/mol. The molecule has 4 nitrogen and oxygen atoms in total. The fourth-order valence-electron chi connectivity index (χ4n) is 1.87. The van der Waals surface area contributed by atoms with Gasteiger partial charge in [0.15, 0.2) is 0 Å². The van der Waals surface area contributed by atoms with Crippen molar-refractivity contribution in [1.29, 1.82) is 0 Å². The molecule has 17 heavy (non-hydrogen) atoms. The van der Waals surface area contributed by atoms with Gasteiger partial charge in [-0.25, -0.2) is 0 Å². The van der Waals surface area contributed by atoms with Gasteiger partial charge in [0.05, 0.1) is 30.4 Å². The zero-order valence-corrected chi connectivity index (χ0v) is 10.4. The minimum Gasteiger partial charge on any atom is -0.497 e. The summed E-state index contributed by atoms with van der Waals surface area (Å²) in [4.78, 5) is 6.22. The van der Waals surface area contributed by atoms with Crippen molar-refractivity contribution in [3.63, 3.8) is 0 Å². The number of ether oxygens (including phenoxy) is 1. The van der Waals surface area contributed by atoms with Gasteiger partial charge in [0.1, 0.15) is 6.10 Å². The summed E-state index contributed by atoms with van der Waals surface area (Å²) in [7, 11) is 4.06. The van der Waals surface area contributed by atoms with Crippen LogP contribution in [0.15, 0.2) is 30.8 Å². The third-order valence-corrected chi connectivity index (χ3v) is 2.82. The first-order chi connectivity index (χ1) is 8.27. The van der Waals surface area contributed by atoms with Gasteiger partial charge in [0.25, 0.3) is 0 Å². The van der Waals surface area contributed by atoms with E-state index in [2.05, 4.69) is 21.3 Å². The molecule has 0 amide bonds. The number of aromatic nitrogens is 1. The van der Waals surface area contributed by atoms with E-state index in [1.807, 2.05) is 26.4 Å². The van der Waals surface area contributed by atoms with E-state index in [-0.39, 0.29) is 6.10 Å². The van der Waals surface area contributed by atoms with Crippen molar-refractivity contribution in [3.05, 3.63) is 30.8 Å². The smallest absolute Gasteiger partial charge is 0.115 e. The summed E-state index contributed by atoms with van der Waals surface area (Å²) in [5.41, 5.74) is 2.20. The van der Waals surface area contributed by atoms with Crippen molar-refractivity contribution < 1.29 is 4.74 Å². The van der Waals surface area contributed by atoms with Crippen LogP contribution in [0, 0.1) is 0 Å². The quantitative estimate of drug-likeness (QED) is 0.865. The third-order valence-electron chi connectivity index (χ3n) is 2.82. The minimum absolute atomic E-state index is 0.259. The van der Waals surface area contributed by atoms with Crippen molar-refractivity contribution in [1.82, 2.24) is 4.98 Å². The fraction of sp³-hybridized carbons (Fsp3) is 0.462. The molecular formula is C13H19N3O. The summed E-state index contributed by atoms with van der Waals surface area (Å²) in [5.74, 6) is 0. The Morgan fingerprint density at radius 3 is 3.12 bits per heavy atom. The SMILES string of the molecule is CN(C)c1ccncc1NCC1CCC=CO1. The van der Waals surface area contributed by atoms with Crippen molar-refractivity contribution in [2.75, 3.05) is 30.9 Å². The van der Waals surface area contributed by atoms with Gasteiger partial charge < -0.3 is 15.0 Å². The van der Waals surface area contributed by atoms with Gasteiger partial charge in [-0.2, -0.15) is 0 Å². The molecule has 0 saturated carbocycles. The zero-order chi connectivity index (χ0) is 12.1. The fourth-order valence-corrected chi connectivity index (χ4v) is 1.87. The summed E-state index contributed by atoms with van der Waals surface area (Å²) in [6, 6.07) is 2.00. The van der Waals surface area contributed by atoms with Gasteiger partial charge in [0.2, 0.25) is 0 Å². The van der Waals surface area contributed by atoms with Gasteiger partial charge in [-0.15, -0.1) is 0 Å². The van der Waals surface area contributed by atoms with E-state index in [1.54, 1.807) is 12.5 Å². The first kappa shape index (κ1) is 11.8. The Balaban J connectivity index is 1.96. The van der Waals surface area contributed by atoms with Crippen LogP contribution in [0.25, 0.3) is 0 Å². The standard InChI is InChI=1S/C13H19N3O/c1-16(2)13-6-7-14-10-12(13)15-9-11-5-3-4-8-17-11/h4,6-8,10-11,15H,3,5,9H2,1-2H3. The normalized spacial score (nSPS) is 18.6. The van der Waals surface area contributed by atoms with E-state index in [0.717, 1.165) is 30.8 Å². The van der Waals surface area contributed by atoms with Crippen LogP contribution in [0.5, 0.6) is 0 Å². The number of hydrogen-bond acceptors (Lipinski definition) is 4. The van der Waals surface area contributed by atoms with E-state index >= 15 is 0 Å².